The summed E-state index contributed by atoms with van der Waals surface area (Å²) in [5.74, 6) is -1.52. The Morgan fingerprint density at radius 1 is 1.00 bits per heavy atom. The zero-order chi connectivity index (χ0) is 19.6. The molecule has 0 aromatic heterocycles. The van der Waals surface area contributed by atoms with E-state index in [9.17, 15) is 14.4 Å². The number of halogens is 1. The Hall–Kier alpha value is -2.92. The summed E-state index contributed by atoms with van der Waals surface area (Å²) in [5, 5.41) is -0.115. The summed E-state index contributed by atoms with van der Waals surface area (Å²) < 4.78 is 5.07. The number of nitrogens with zero attached hydrogens (tertiary/aromatic N) is 1. The van der Waals surface area contributed by atoms with Gasteiger partial charge in [-0.1, -0.05) is 48.4 Å². The Balaban J connectivity index is 1.86. The third-order valence-corrected chi connectivity index (χ3v) is 4.52. The summed E-state index contributed by atoms with van der Waals surface area (Å²) in [5.41, 5.74) is 2.50. The molecule has 6 heteroatoms. The molecule has 1 aliphatic rings. The summed E-state index contributed by atoms with van der Waals surface area (Å²) in [6, 6.07) is 13.3. The maximum absolute atomic E-state index is 12.8. The van der Waals surface area contributed by atoms with E-state index in [2.05, 4.69) is 0 Å². The zero-order valence-corrected chi connectivity index (χ0v) is 15.7. The van der Waals surface area contributed by atoms with Gasteiger partial charge >= 0.3 is 5.97 Å². The number of aryl methyl sites for hydroxylation is 1. The molecule has 0 saturated carbocycles. The van der Waals surface area contributed by atoms with Crippen molar-refractivity contribution in [3.05, 3.63) is 70.3 Å². The van der Waals surface area contributed by atoms with Gasteiger partial charge in [-0.15, -0.1) is 0 Å². The maximum Gasteiger partial charge on any atom is 0.338 e. The van der Waals surface area contributed by atoms with Crippen LogP contribution in [0.1, 0.15) is 34.8 Å². The Labute approximate surface area is 162 Å². The molecule has 0 fully saturated rings. The lowest BCUT2D eigenvalue weighted by Gasteiger charge is -2.15. The number of esters is 1. The zero-order valence-electron chi connectivity index (χ0n) is 15.0. The van der Waals surface area contributed by atoms with Crippen LogP contribution in [0.5, 0.6) is 0 Å². The minimum atomic E-state index is -0.585. The molecule has 0 spiro atoms. The molecule has 0 atom stereocenters. The monoisotopic (exact) mass is 383 g/mol. The van der Waals surface area contributed by atoms with E-state index in [0.29, 0.717) is 23.4 Å². The third kappa shape index (κ3) is 3.64. The summed E-state index contributed by atoms with van der Waals surface area (Å²) in [7, 11) is 0. The van der Waals surface area contributed by atoms with Crippen LogP contribution >= 0.6 is 11.6 Å². The van der Waals surface area contributed by atoms with E-state index >= 15 is 0 Å². The van der Waals surface area contributed by atoms with Crippen LogP contribution in [0.2, 0.25) is 0 Å². The lowest BCUT2D eigenvalue weighted by Crippen LogP contribution is -2.31. The van der Waals surface area contributed by atoms with Crippen molar-refractivity contribution in [1.82, 2.24) is 0 Å². The Morgan fingerprint density at radius 2 is 1.63 bits per heavy atom. The fourth-order valence-electron chi connectivity index (χ4n) is 2.73. The fourth-order valence-corrected chi connectivity index (χ4v) is 3.01. The minimum absolute atomic E-state index is 0.115. The predicted molar refractivity (Wildman–Crippen MR) is 103 cm³/mol. The Kier molecular flexibility index (Phi) is 5.42. The van der Waals surface area contributed by atoms with Crippen molar-refractivity contribution in [2.24, 2.45) is 0 Å². The highest BCUT2D eigenvalue weighted by Crippen LogP contribution is 2.35. The van der Waals surface area contributed by atoms with Crippen LogP contribution in [0.3, 0.4) is 0 Å². The van der Waals surface area contributed by atoms with Crippen LogP contribution in [-0.2, 0) is 14.3 Å². The molecule has 2 aromatic carbocycles. The molecule has 138 valence electrons. The van der Waals surface area contributed by atoms with Gasteiger partial charge in [0.05, 0.1) is 23.4 Å². The molecule has 0 N–H and O–H groups in total. The number of rotatable bonds is 5. The number of benzene rings is 2. The molecule has 27 heavy (non-hydrogen) atoms. The van der Waals surface area contributed by atoms with Crippen LogP contribution < -0.4 is 4.90 Å². The van der Waals surface area contributed by atoms with Crippen LogP contribution in [0.25, 0.3) is 5.57 Å². The first-order chi connectivity index (χ1) is 12.9. The van der Waals surface area contributed by atoms with Crippen molar-refractivity contribution < 1.29 is 19.1 Å². The second-order valence-electron chi connectivity index (χ2n) is 6.18. The van der Waals surface area contributed by atoms with E-state index in [0.717, 1.165) is 16.9 Å². The highest BCUT2D eigenvalue weighted by molar-refractivity contribution is 6.60. The molecule has 0 radical (unpaired) electrons. The smallest absolute Gasteiger partial charge is 0.338 e. The van der Waals surface area contributed by atoms with Crippen LogP contribution in [0, 0.1) is 6.92 Å². The van der Waals surface area contributed by atoms with Crippen molar-refractivity contribution in [1.29, 1.82) is 0 Å². The maximum atomic E-state index is 12.8. The number of anilines is 1. The van der Waals surface area contributed by atoms with Gasteiger partial charge in [0.15, 0.2) is 0 Å². The topological polar surface area (TPSA) is 63.7 Å². The highest BCUT2D eigenvalue weighted by Gasteiger charge is 2.39. The average Bonchev–Trinajstić information content (AvgIpc) is 2.90. The van der Waals surface area contributed by atoms with Crippen LogP contribution in [-0.4, -0.2) is 24.4 Å². The first-order valence-electron chi connectivity index (χ1n) is 8.56. The summed E-state index contributed by atoms with van der Waals surface area (Å²) in [6.45, 7) is 4.17. The van der Waals surface area contributed by atoms with Gasteiger partial charge in [-0.3, -0.25) is 9.59 Å². The molecule has 0 aliphatic carbocycles. The molecular formula is C21H18ClNO4. The number of ether oxygens (including phenoxy) is 1. The number of imide groups is 1. The highest BCUT2D eigenvalue weighted by atomic mass is 35.5. The molecule has 3 rings (SSSR count). The van der Waals surface area contributed by atoms with E-state index in [1.165, 1.54) is 24.3 Å². The summed E-state index contributed by atoms with van der Waals surface area (Å²) >= 11 is 6.17. The lowest BCUT2D eigenvalue weighted by molar-refractivity contribution is -0.119. The van der Waals surface area contributed by atoms with Crippen LogP contribution in [0.15, 0.2) is 53.6 Å². The van der Waals surface area contributed by atoms with Gasteiger partial charge in [-0.05, 0) is 43.2 Å². The summed E-state index contributed by atoms with van der Waals surface area (Å²) in [6.07, 6.45) is 0.729. The number of hydrogen-bond acceptors (Lipinski definition) is 4. The molecule has 1 aliphatic heterocycles. The van der Waals surface area contributed by atoms with Gasteiger partial charge in [-0.2, -0.15) is 0 Å². The van der Waals surface area contributed by atoms with Crippen LogP contribution in [0.4, 0.5) is 5.69 Å². The molecule has 2 amide bonds. The molecular weight excluding hydrogens is 366 g/mol. The van der Waals surface area contributed by atoms with Crippen molar-refractivity contribution in [3.8, 4) is 0 Å². The average molecular weight is 384 g/mol. The molecule has 0 bridgehead atoms. The first kappa shape index (κ1) is 18.9. The van der Waals surface area contributed by atoms with E-state index < -0.39 is 17.8 Å². The van der Waals surface area contributed by atoms with E-state index in [1.807, 2.05) is 26.0 Å². The Bertz CT molecular complexity index is 930. The van der Waals surface area contributed by atoms with E-state index in [-0.39, 0.29) is 10.6 Å². The second kappa shape index (κ2) is 7.76. The lowest BCUT2D eigenvalue weighted by atomic mass is 10.0. The van der Waals surface area contributed by atoms with Crippen molar-refractivity contribution in [2.75, 3.05) is 11.5 Å². The minimum Gasteiger partial charge on any atom is -0.462 e. The quantitative estimate of drug-likeness (QED) is 0.576. The SMILES string of the molecule is CCCOC(=O)c1ccc(N2C(=O)C(Cl)=C(c3ccc(C)cc3)C2=O)cc1. The van der Waals surface area contributed by atoms with E-state index in [1.54, 1.807) is 12.1 Å². The van der Waals surface area contributed by atoms with Gasteiger partial charge in [0.2, 0.25) is 0 Å². The number of amides is 2. The number of carbonyl (C=O) groups excluding carboxylic acids is 3. The van der Waals surface area contributed by atoms with Gasteiger partial charge in [0.1, 0.15) is 5.03 Å². The number of carbonyl (C=O) groups is 3. The first-order valence-corrected chi connectivity index (χ1v) is 8.94. The third-order valence-electron chi connectivity index (χ3n) is 4.17. The predicted octanol–water partition coefficient (Wildman–Crippen LogP) is 4.09. The van der Waals surface area contributed by atoms with E-state index in [4.69, 9.17) is 16.3 Å². The fraction of sp³-hybridized carbons (Fsp3) is 0.190. The molecule has 0 unspecified atom stereocenters. The molecule has 5 nitrogen and oxygen atoms in total. The van der Waals surface area contributed by atoms with Crippen molar-refractivity contribution >= 4 is 40.6 Å². The van der Waals surface area contributed by atoms with Crippen molar-refractivity contribution in [3.63, 3.8) is 0 Å². The molecule has 0 saturated heterocycles. The van der Waals surface area contributed by atoms with Gasteiger partial charge in [0, 0.05) is 0 Å². The van der Waals surface area contributed by atoms with Crippen molar-refractivity contribution in [2.45, 2.75) is 20.3 Å². The standard InChI is InChI=1S/C21H18ClNO4/c1-3-12-27-21(26)15-8-10-16(11-9-15)23-19(24)17(18(22)20(23)25)14-6-4-13(2)5-7-14/h4-11H,3,12H2,1-2H3. The molecule has 1 heterocycles. The van der Waals surface area contributed by atoms with Gasteiger partial charge in [-0.25, -0.2) is 9.69 Å². The summed E-state index contributed by atoms with van der Waals surface area (Å²) in [4.78, 5) is 38.3. The van der Waals surface area contributed by atoms with Gasteiger partial charge < -0.3 is 4.74 Å². The normalized spacial score (nSPS) is 14.1. The Morgan fingerprint density at radius 3 is 2.22 bits per heavy atom. The second-order valence-corrected chi connectivity index (χ2v) is 6.56. The largest absolute Gasteiger partial charge is 0.462 e. The van der Waals surface area contributed by atoms with Gasteiger partial charge in [0.25, 0.3) is 11.8 Å². The molecule has 2 aromatic rings. The number of hydrogen-bond donors (Lipinski definition) is 0.